The summed E-state index contributed by atoms with van der Waals surface area (Å²) in [5.74, 6) is -2.97. The molecule has 1 aliphatic rings. The zero-order valence-electron chi connectivity index (χ0n) is 16.4. The lowest BCUT2D eigenvalue weighted by Crippen LogP contribution is -2.29. The molecule has 3 aromatic rings. The molecule has 0 spiro atoms. The van der Waals surface area contributed by atoms with E-state index in [2.05, 4.69) is 5.32 Å². The molecule has 160 valence electrons. The highest BCUT2D eigenvalue weighted by molar-refractivity contribution is 7.14. The molecule has 0 saturated heterocycles. The maximum Gasteiger partial charge on any atom is 0.338 e. The number of thiophene rings is 1. The van der Waals surface area contributed by atoms with Crippen molar-refractivity contribution in [3.05, 3.63) is 82.2 Å². The smallest absolute Gasteiger partial charge is 0.338 e. The average molecular weight is 449 g/mol. The van der Waals surface area contributed by atoms with Gasteiger partial charge in [0.25, 0.3) is 23.6 Å². The fraction of sp³-hybridized carbons (Fsp3) is 0.0455. The third-order valence-corrected chi connectivity index (χ3v) is 5.50. The van der Waals surface area contributed by atoms with Crippen LogP contribution in [0.2, 0.25) is 0 Å². The van der Waals surface area contributed by atoms with Crippen LogP contribution < -0.4 is 16.0 Å². The van der Waals surface area contributed by atoms with Crippen molar-refractivity contribution in [1.82, 2.24) is 0 Å². The van der Waals surface area contributed by atoms with E-state index in [1.54, 1.807) is 29.6 Å². The van der Waals surface area contributed by atoms with Crippen LogP contribution >= 0.6 is 11.3 Å². The lowest BCUT2D eigenvalue weighted by Gasteiger charge is -2.14. The Labute approximate surface area is 185 Å². The third-order valence-electron chi connectivity index (χ3n) is 4.67. The number of nitrogens with one attached hydrogen (secondary N) is 1. The van der Waals surface area contributed by atoms with Gasteiger partial charge in [-0.05, 0) is 47.8 Å². The van der Waals surface area contributed by atoms with E-state index in [9.17, 15) is 24.0 Å². The highest BCUT2D eigenvalue weighted by Gasteiger charge is 2.36. The number of anilines is 2. The minimum Gasteiger partial charge on any atom is -0.452 e. The van der Waals surface area contributed by atoms with Crippen LogP contribution in [0.1, 0.15) is 41.4 Å². The number of esters is 1. The van der Waals surface area contributed by atoms with Crippen LogP contribution in [0.5, 0.6) is 0 Å². The highest BCUT2D eigenvalue weighted by atomic mass is 32.1. The fourth-order valence-electron chi connectivity index (χ4n) is 3.15. The molecular formula is C22H15N3O6S. The molecule has 1 aromatic heterocycles. The van der Waals surface area contributed by atoms with Crippen LogP contribution in [0.25, 0.3) is 0 Å². The first-order valence-electron chi connectivity index (χ1n) is 9.29. The summed E-state index contributed by atoms with van der Waals surface area (Å²) in [7, 11) is 0. The third kappa shape index (κ3) is 3.86. The molecule has 0 fully saturated rings. The Kier molecular flexibility index (Phi) is 5.52. The zero-order valence-corrected chi connectivity index (χ0v) is 17.2. The van der Waals surface area contributed by atoms with Crippen LogP contribution in [0, 0.1) is 0 Å². The molecule has 0 bridgehead atoms. The first kappa shape index (κ1) is 20.9. The van der Waals surface area contributed by atoms with Gasteiger partial charge in [0.05, 0.1) is 27.9 Å². The van der Waals surface area contributed by atoms with Gasteiger partial charge in [-0.1, -0.05) is 12.1 Å². The minimum absolute atomic E-state index is 0.132. The van der Waals surface area contributed by atoms with Crippen molar-refractivity contribution in [2.45, 2.75) is 0 Å². The Bertz CT molecular complexity index is 1230. The summed E-state index contributed by atoms with van der Waals surface area (Å²) in [4.78, 5) is 61.7. The maximum atomic E-state index is 12.5. The predicted octanol–water partition coefficient (Wildman–Crippen LogP) is 2.44. The van der Waals surface area contributed by atoms with Crippen molar-refractivity contribution < 1.29 is 28.7 Å². The number of hydrogen-bond donors (Lipinski definition) is 2. The van der Waals surface area contributed by atoms with Crippen LogP contribution in [-0.2, 0) is 9.53 Å². The number of rotatable bonds is 6. The molecule has 1 aliphatic heterocycles. The number of nitrogens with two attached hydrogens (primary N) is 1. The van der Waals surface area contributed by atoms with E-state index in [0.717, 1.165) is 16.2 Å². The summed E-state index contributed by atoms with van der Waals surface area (Å²) in [5.41, 5.74) is 6.46. The molecule has 10 heteroatoms. The van der Waals surface area contributed by atoms with Gasteiger partial charge in [0, 0.05) is 0 Å². The number of amides is 4. The van der Waals surface area contributed by atoms with Gasteiger partial charge in [0.2, 0.25) is 0 Å². The summed E-state index contributed by atoms with van der Waals surface area (Å²) >= 11 is 1.11. The van der Waals surface area contributed by atoms with Gasteiger partial charge >= 0.3 is 5.97 Å². The molecule has 3 N–H and O–H groups in total. The topological polar surface area (TPSA) is 136 Å². The van der Waals surface area contributed by atoms with Gasteiger partial charge in [-0.2, -0.15) is 0 Å². The lowest BCUT2D eigenvalue weighted by molar-refractivity contribution is -0.119. The number of primary amides is 1. The lowest BCUT2D eigenvalue weighted by atomic mass is 10.1. The van der Waals surface area contributed by atoms with E-state index in [0.29, 0.717) is 16.8 Å². The van der Waals surface area contributed by atoms with Crippen LogP contribution in [0.3, 0.4) is 0 Å². The second-order valence-corrected chi connectivity index (χ2v) is 7.61. The number of carbonyl (C=O) groups excluding carboxylic acids is 5. The van der Waals surface area contributed by atoms with E-state index in [1.165, 1.54) is 30.3 Å². The van der Waals surface area contributed by atoms with Crippen LogP contribution in [0.4, 0.5) is 10.7 Å². The zero-order chi connectivity index (χ0) is 22.8. The summed E-state index contributed by atoms with van der Waals surface area (Å²) in [6.07, 6.45) is 0. The average Bonchev–Trinajstić information content (AvgIpc) is 3.35. The molecule has 4 rings (SSSR count). The van der Waals surface area contributed by atoms with E-state index in [-0.39, 0.29) is 16.1 Å². The van der Waals surface area contributed by atoms with Crippen LogP contribution in [0.15, 0.2) is 60.0 Å². The summed E-state index contributed by atoms with van der Waals surface area (Å²) < 4.78 is 4.99. The Hall–Kier alpha value is -4.31. The van der Waals surface area contributed by atoms with Gasteiger partial charge in [-0.3, -0.25) is 19.2 Å². The Balaban J connectivity index is 1.38. The monoisotopic (exact) mass is 449 g/mol. The molecule has 0 atom stereocenters. The molecule has 32 heavy (non-hydrogen) atoms. The van der Waals surface area contributed by atoms with Crippen molar-refractivity contribution in [2.75, 3.05) is 16.8 Å². The van der Waals surface area contributed by atoms with Crippen molar-refractivity contribution in [3.63, 3.8) is 0 Å². The van der Waals surface area contributed by atoms with E-state index in [1.807, 2.05) is 0 Å². The van der Waals surface area contributed by atoms with Gasteiger partial charge in [0.1, 0.15) is 5.00 Å². The molecule has 9 nitrogen and oxygen atoms in total. The molecule has 4 amide bonds. The summed E-state index contributed by atoms with van der Waals surface area (Å²) in [6, 6.07) is 13.7. The Morgan fingerprint density at radius 3 is 2.16 bits per heavy atom. The molecule has 0 aliphatic carbocycles. The maximum absolute atomic E-state index is 12.5. The second kappa shape index (κ2) is 8.44. The number of fused-ring (bicyclic) bond motifs is 1. The quantitative estimate of drug-likeness (QED) is 0.438. The molecule has 0 saturated carbocycles. The van der Waals surface area contributed by atoms with Crippen molar-refractivity contribution >= 4 is 51.6 Å². The largest absolute Gasteiger partial charge is 0.452 e. The first-order chi connectivity index (χ1) is 15.4. The number of nitrogens with zero attached hydrogens (tertiary/aromatic N) is 1. The van der Waals surface area contributed by atoms with Gasteiger partial charge in [0.15, 0.2) is 6.61 Å². The van der Waals surface area contributed by atoms with Crippen molar-refractivity contribution in [3.8, 4) is 0 Å². The predicted molar refractivity (Wildman–Crippen MR) is 116 cm³/mol. The molecule has 0 radical (unpaired) electrons. The van der Waals surface area contributed by atoms with Gasteiger partial charge < -0.3 is 15.8 Å². The summed E-state index contributed by atoms with van der Waals surface area (Å²) in [6.45, 7) is -0.574. The number of hydrogen-bond acceptors (Lipinski definition) is 7. The van der Waals surface area contributed by atoms with Crippen LogP contribution in [-0.4, -0.2) is 36.2 Å². The number of benzene rings is 2. The molecular weight excluding hydrogens is 434 g/mol. The Morgan fingerprint density at radius 1 is 0.938 bits per heavy atom. The normalized spacial score (nSPS) is 12.4. The summed E-state index contributed by atoms with van der Waals surface area (Å²) in [5, 5.41) is 4.33. The van der Waals surface area contributed by atoms with Gasteiger partial charge in [-0.15, -0.1) is 11.3 Å². The van der Waals surface area contributed by atoms with Crippen molar-refractivity contribution in [1.29, 1.82) is 0 Å². The first-order valence-corrected chi connectivity index (χ1v) is 10.2. The number of ether oxygens (including phenoxy) is 1. The van der Waals surface area contributed by atoms with E-state index >= 15 is 0 Å². The minimum atomic E-state index is -0.768. The fourth-order valence-corrected chi connectivity index (χ4v) is 3.96. The number of carbonyl (C=O) groups is 5. The molecule has 0 unspecified atom stereocenters. The SMILES string of the molecule is NC(=O)c1ccsc1NC(=O)COC(=O)c1ccc(N2C(=O)c3ccccc3C2=O)cc1. The molecule has 2 heterocycles. The highest BCUT2D eigenvalue weighted by Crippen LogP contribution is 2.28. The molecule has 2 aromatic carbocycles. The van der Waals surface area contributed by atoms with Gasteiger partial charge in [-0.25, -0.2) is 9.69 Å². The van der Waals surface area contributed by atoms with E-state index in [4.69, 9.17) is 10.5 Å². The standard InChI is InChI=1S/C22H15N3O6S/c23-18(27)16-9-10-32-19(16)24-17(26)11-31-22(30)12-5-7-13(8-6-12)25-20(28)14-3-1-2-4-15(14)21(25)29/h1-10H,11H2,(H2,23,27)(H,24,26). The van der Waals surface area contributed by atoms with Crippen molar-refractivity contribution in [2.24, 2.45) is 5.73 Å². The second-order valence-electron chi connectivity index (χ2n) is 6.69. The Morgan fingerprint density at radius 2 is 1.56 bits per heavy atom. The van der Waals surface area contributed by atoms with E-state index < -0.39 is 36.2 Å². The number of imide groups is 1.